The number of hydrogen-bond acceptors (Lipinski definition) is 3. The average Bonchev–Trinajstić information content (AvgIpc) is 3.17. The Kier molecular flexibility index (Phi) is 4.65. The maximum absolute atomic E-state index is 12.1. The van der Waals surface area contributed by atoms with E-state index in [0.717, 1.165) is 42.1 Å². The van der Waals surface area contributed by atoms with E-state index >= 15 is 0 Å². The second-order valence-corrected chi connectivity index (χ2v) is 6.16. The van der Waals surface area contributed by atoms with Crippen LogP contribution >= 0.6 is 0 Å². The molecule has 3 rings (SSSR count). The molecule has 1 heterocycles. The number of nitrogens with one attached hydrogen (secondary N) is 2. The van der Waals surface area contributed by atoms with Gasteiger partial charge in [-0.25, -0.2) is 0 Å². The topological polar surface area (TPSA) is 71.2 Å². The lowest BCUT2D eigenvalue weighted by Crippen LogP contribution is -2.41. The molecule has 122 valence electrons. The SMILES string of the molecule is C[C@H](OC(=O)Cc1c[nH]c2ccccc12)C(=O)NC1CCCC1. The van der Waals surface area contributed by atoms with E-state index in [1.807, 2.05) is 30.5 Å². The van der Waals surface area contributed by atoms with Crippen molar-refractivity contribution in [3.8, 4) is 0 Å². The van der Waals surface area contributed by atoms with E-state index in [1.54, 1.807) is 6.92 Å². The number of fused-ring (bicyclic) bond motifs is 1. The smallest absolute Gasteiger partial charge is 0.311 e. The van der Waals surface area contributed by atoms with Crippen molar-refractivity contribution in [1.29, 1.82) is 0 Å². The standard InChI is InChI=1S/C18H22N2O3/c1-12(18(22)20-14-6-2-3-7-14)23-17(21)10-13-11-19-16-9-5-4-8-15(13)16/h4-5,8-9,11-12,14,19H,2-3,6-7,10H2,1H3,(H,20,22)/t12-/m0/s1. The number of benzene rings is 1. The van der Waals surface area contributed by atoms with E-state index in [2.05, 4.69) is 10.3 Å². The van der Waals surface area contributed by atoms with Crippen LogP contribution in [-0.4, -0.2) is 29.0 Å². The number of aromatic amines is 1. The van der Waals surface area contributed by atoms with Gasteiger partial charge in [-0.05, 0) is 31.4 Å². The Morgan fingerprint density at radius 1 is 1.30 bits per heavy atom. The molecule has 1 aliphatic carbocycles. The summed E-state index contributed by atoms with van der Waals surface area (Å²) in [4.78, 5) is 27.3. The van der Waals surface area contributed by atoms with Crippen molar-refractivity contribution in [2.45, 2.75) is 51.2 Å². The van der Waals surface area contributed by atoms with Gasteiger partial charge in [0, 0.05) is 23.1 Å². The van der Waals surface area contributed by atoms with Crippen LogP contribution in [0.2, 0.25) is 0 Å². The number of amides is 1. The molecule has 23 heavy (non-hydrogen) atoms. The number of rotatable bonds is 5. The number of carbonyl (C=O) groups is 2. The molecule has 1 amide bonds. The molecule has 1 aliphatic rings. The van der Waals surface area contributed by atoms with E-state index in [9.17, 15) is 9.59 Å². The molecular formula is C18H22N2O3. The summed E-state index contributed by atoms with van der Waals surface area (Å²) in [6.07, 6.45) is 5.55. The zero-order valence-electron chi connectivity index (χ0n) is 13.3. The van der Waals surface area contributed by atoms with Gasteiger partial charge in [0.2, 0.25) is 0 Å². The third-order valence-electron chi connectivity index (χ3n) is 4.39. The lowest BCUT2D eigenvalue weighted by molar-refractivity contribution is -0.154. The summed E-state index contributed by atoms with van der Waals surface area (Å²) < 4.78 is 5.28. The molecule has 1 aromatic carbocycles. The zero-order valence-corrected chi connectivity index (χ0v) is 13.3. The first kappa shape index (κ1) is 15.6. The summed E-state index contributed by atoms with van der Waals surface area (Å²) in [5.41, 5.74) is 1.87. The number of para-hydroxylation sites is 1. The van der Waals surface area contributed by atoms with Crippen molar-refractivity contribution in [2.24, 2.45) is 0 Å². The van der Waals surface area contributed by atoms with Crippen molar-refractivity contribution in [3.63, 3.8) is 0 Å². The van der Waals surface area contributed by atoms with Crippen molar-refractivity contribution in [3.05, 3.63) is 36.0 Å². The van der Waals surface area contributed by atoms with Crippen molar-refractivity contribution in [2.75, 3.05) is 0 Å². The normalized spacial score (nSPS) is 16.4. The van der Waals surface area contributed by atoms with Gasteiger partial charge in [-0.1, -0.05) is 31.0 Å². The highest BCUT2D eigenvalue weighted by Gasteiger charge is 2.23. The summed E-state index contributed by atoms with van der Waals surface area (Å²) in [6.45, 7) is 1.62. The maximum atomic E-state index is 12.1. The number of H-pyrrole nitrogens is 1. The van der Waals surface area contributed by atoms with Crippen LogP contribution in [-0.2, 0) is 20.7 Å². The van der Waals surface area contributed by atoms with Crippen LogP contribution in [0.15, 0.2) is 30.5 Å². The number of ether oxygens (including phenoxy) is 1. The van der Waals surface area contributed by atoms with E-state index in [4.69, 9.17) is 4.74 Å². The Morgan fingerprint density at radius 2 is 2.04 bits per heavy atom. The first-order valence-corrected chi connectivity index (χ1v) is 8.18. The number of hydrogen-bond donors (Lipinski definition) is 2. The Morgan fingerprint density at radius 3 is 2.83 bits per heavy atom. The molecule has 5 heteroatoms. The van der Waals surface area contributed by atoms with Crippen LogP contribution in [0.1, 0.15) is 38.2 Å². The van der Waals surface area contributed by atoms with Gasteiger partial charge in [-0.2, -0.15) is 0 Å². The molecule has 1 saturated carbocycles. The van der Waals surface area contributed by atoms with Crippen LogP contribution in [0.3, 0.4) is 0 Å². The Bertz CT molecular complexity index is 701. The molecule has 1 fully saturated rings. The summed E-state index contributed by atoms with van der Waals surface area (Å²) in [5, 5.41) is 3.96. The van der Waals surface area contributed by atoms with Crippen LogP contribution in [0, 0.1) is 0 Å². The van der Waals surface area contributed by atoms with Gasteiger partial charge in [0.25, 0.3) is 5.91 Å². The zero-order chi connectivity index (χ0) is 16.2. The van der Waals surface area contributed by atoms with E-state index in [1.165, 1.54) is 0 Å². The van der Waals surface area contributed by atoms with Crippen LogP contribution < -0.4 is 5.32 Å². The molecular weight excluding hydrogens is 292 g/mol. The minimum absolute atomic E-state index is 0.158. The predicted molar refractivity (Wildman–Crippen MR) is 88.0 cm³/mol. The number of aromatic nitrogens is 1. The van der Waals surface area contributed by atoms with Gasteiger partial charge in [0.1, 0.15) is 0 Å². The lowest BCUT2D eigenvalue weighted by Gasteiger charge is -2.17. The average molecular weight is 314 g/mol. The Hall–Kier alpha value is -2.30. The molecule has 1 aromatic heterocycles. The second kappa shape index (κ2) is 6.86. The highest BCUT2D eigenvalue weighted by molar-refractivity contribution is 5.88. The van der Waals surface area contributed by atoms with Crippen molar-refractivity contribution < 1.29 is 14.3 Å². The maximum Gasteiger partial charge on any atom is 0.311 e. The van der Waals surface area contributed by atoms with Gasteiger partial charge in [-0.15, -0.1) is 0 Å². The largest absolute Gasteiger partial charge is 0.452 e. The monoisotopic (exact) mass is 314 g/mol. The van der Waals surface area contributed by atoms with Crippen molar-refractivity contribution in [1.82, 2.24) is 10.3 Å². The fourth-order valence-corrected chi connectivity index (χ4v) is 3.11. The fraction of sp³-hybridized carbons (Fsp3) is 0.444. The minimum Gasteiger partial charge on any atom is -0.452 e. The summed E-state index contributed by atoms with van der Waals surface area (Å²) in [5.74, 6) is -0.590. The van der Waals surface area contributed by atoms with Gasteiger partial charge in [-0.3, -0.25) is 9.59 Å². The van der Waals surface area contributed by atoms with Crippen LogP contribution in [0.4, 0.5) is 0 Å². The van der Waals surface area contributed by atoms with Crippen molar-refractivity contribution >= 4 is 22.8 Å². The molecule has 0 saturated heterocycles. The molecule has 0 radical (unpaired) electrons. The van der Waals surface area contributed by atoms with E-state index in [0.29, 0.717) is 0 Å². The molecule has 0 bridgehead atoms. The van der Waals surface area contributed by atoms with E-state index < -0.39 is 6.10 Å². The van der Waals surface area contributed by atoms with Gasteiger partial charge >= 0.3 is 5.97 Å². The van der Waals surface area contributed by atoms with E-state index in [-0.39, 0.29) is 24.3 Å². The quantitative estimate of drug-likeness (QED) is 0.834. The Balaban J connectivity index is 1.55. The molecule has 1 atom stereocenters. The first-order chi connectivity index (χ1) is 11.1. The number of carbonyl (C=O) groups excluding carboxylic acids is 2. The minimum atomic E-state index is -0.756. The summed E-state index contributed by atoms with van der Waals surface area (Å²) >= 11 is 0. The van der Waals surface area contributed by atoms with Gasteiger partial charge in [0.05, 0.1) is 6.42 Å². The molecule has 0 spiro atoms. The van der Waals surface area contributed by atoms with Crippen LogP contribution in [0.25, 0.3) is 10.9 Å². The molecule has 5 nitrogen and oxygen atoms in total. The molecule has 0 aliphatic heterocycles. The van der Waals surface area contributed by atoms with Gasteiger partial charge in [0.15, 0.2) is 6.10 Å². The summed E-state index contributed by atoms with van der Waals surface area (Å²) in [6, 6.07) is 8.03. The summed E-state index contributed by atoms with van der Waals surface area (Å²) in [7, 11) is 0. The van der Waals surface area contributed by atoms with Gasteiger partial charge < -0.3 is 15.0 Å². The Labute approximate surface area is 135 Å². The lowest BCUT2D eigenvalue weighted by atomic mass is 10.1. The predicted octanol–water partition coefficient (Wildman–Crippen LogP) is 2.70. The first-order valence-electron chi connectivity index (χ1n) is 8.18. The number of esters is 1. The highest BCUT2D eigenvalue weighted by atomic mass is 16.5. The molecule has 2 aromatic rings. The molecule has 2 N–H and O–H groups in total. The molecule has 0 unspecified atom stereocenters. The fourth-order valence-electron chi connectivity index (χ4n) is 3.11. The van der Waals surface area contributed by atoms with Crippen LogP contribution in [0.5, 0.6) is 0 Å². The second-order valence-electron chi connectivity index (χ2n) is 6.16. The highest BCUT2D eigenvalue weighted by Crippen LogP contribution is 2.19. The third kappa shape index (κ3) is 3.73. The third-order valence-corrected chi connectivity index (χ3v) is 4.39.